The van der Waals surface area contributed by atoms with Crippen LogP contribution in [0.2, 0.25) is 0 Å². The molecule has 0 unspecified atom stereocenters. The molecule has 10 heteroatoms. The number of hydrogen-bond acceptors (Lipinski definition) is 5. The van der Waals surface area contributed by atoms with Crippen LogP contribution in [0.1, 0.15) is 12.6 Å². The van der Waals surface area contributed by atoms with Gasteiger partial charge in [-0.2, -0.15) is 18.3 Å². The Morgan fingerprint density at radius 2 is 2.13 bits per heavy atom. The predicted molar refractivity (Wildman–Crippen MR) is 77.9 cm³/mol. The van der Waals surface area contributed by atoms with Crippen molar-refractivity contribution in [3.05, 3.63) is 39.9 Å². The maximum absolute atomic E-state index is 12.6. The van der Waals surface area contributed by atoms with Crippen molar-refractivity contribution in [2.45, 2.75) is 19.6 Å². The number of H-pyrrole nitrogens is 1. The maximum atomic E-state index is 12.6. The van der Waals surface area contributed by atoms with Crippen LogP contribution < -0.4 is 5.56 Å². The molecule has 0 amide bonds. The average Bonchev–Trinajstić information content (AvgIpc) is 3.15. The fraction of sp³-hybridized carbons (Fsp3) is 0.231. The number of nitrogens with zero attached hydrogens (tertiary/aromatic N) is 4. The summed E-state index contributed by atoms with van der Waals surface area (Å²) in [6, 6.07) is 1.26. The van der Waals surface area contributed by atoms with E-state index in [1.807, 2.05) is 6.92 Å². The molecule has 3 aromatic heterocycles. The lowest BCUT2D eigenvalue weighted by molar-refractivity contribution is -0.140. The van der Waals surface area contributed by atoms with Crippen LogP contribution >= 0.6 is 11.3 Å². The van der Waals surface area contributed by atoms with Gasteiger partial charge >= 0.3 is 6.18 Å². The quantitative estimate of drug-likeness (QED) is 0.795. The molecule has 1 N–H and O–H groups in total. The lowest BCUT2D eigenvalue weighted by Gasteiger charge is -2.01. The first-order chi connectivity index (χ1) is 10.9. The Labute approximate surface area is 131 Å². The van der Waals surface area contributed by atoms with Crippen molar-refractivity contribution in [2.24, 2.45) is 0 Å². The van der Waals surface area contributed by atoms with Gasteiger partial charge < -0.3 is 4.98 Å². The second kappa shape index (κ2) is 5.61. The standard InChI is InChI=1S/C13H10F3N5OS/c1-2-21-5-7(4-17-21)8-3-10(22)20-11(18-8)12-19-9(6-23-12)13(14,15)16/h3-6H,2H2,1H3,(H,18,20,22). The van der Waals surface area contributed by atoms with Crippen molar-refractivity contribution in [3.8, 4) is 22.1 Å². The van der Waals surface area contributed by atoms with Crippen molar-refractivity contribution < 1.29 is 13.2 Å². The number of alkyl halides is 3. The van der Waals surface area contributed by atoms with Gasteiger partial charge in [-0.3, -0.25) is 9.48 Å². The molecule has 0 aliphatic heterocycles. The zero-order chi connectivity index (χ0) is 16.6. The smallest absolute Gasteiger partial charge is 0.304 e. The third-order valence-electron chi connectivity index (χ3n) is 2.99. The van der Waals surface area contributed by atoms with E-state index in [2.05, 4.69) is 20.1 Å². The van der Waals surface area contributed by atoms with Crippen LogP contribution in [-0.2, 0) is 12.7 Å². The summed E-state index contributed by atoms with van der Waals surface area (Å²) >= 11 is 0.767. The number of aromatic nitrogens is 5. The molecule has 6 nitrogen and oxygen atoms in total. The van der Waals surface area contributed by atoms with E-state index >= 15 is 0 Å². The summed E-state index contributed by atoms with van der Waals surface area (Å²) in [5.41, 5.74) is -0.554. The summed E-state index contributed by atoms with van der Waals surface area (Å²) in [7, 11) is 0. The molecule has 3 aromatic rings. The lowest BCUT2D eigenvalue weighted by Crippen LogP contribution is -2.09. The molecule has 0 saturated heterocycles. The van der Waals surface area contributed by atoms with Crippen LogP contribution in [0.4, 0.5) is 13.2 Å². The molecule has 0 atom stereocenters. The van der Waals surface area contributed by atoms with E-state index in [0.717, 1.165) is 16.7 Å². The Kier molecular flexibility index (Phi) is 3.76. The minimum atomic E-state index is -4.53. The van der Waals surface area contributed by atoms with Crippen molar-refractivity contribution in [2.75, 3.05) is 0 Å². The van der Waals surface area contributed by atoms with E-state index in [-0.39, 0.29) is 10.8 Å². The zero-order valence-corrected chi connectivity index (χ0v) is 12.6. The van der Waals surface area contributed by atoms with E-state index in [1.165, 1.54) is 12.3 Å². The Balaban J connectivity index is 2.04. The van der Waals surface area contributed by atoms with Crippen LogP contribution in [-0.4, -0.2) is 24.7 Å². The average molecular weight is 341 g/mol. The molecular weight excluding hydrogens is 331 g/mol. The number of thiazole rings is 1. The Morgan fingerprint density at radius 1 is 1.35 bits per heavy atom. The van der Waals surface area contributed by atoms with Gasteiger partial charge in [-0.15, -0.1) is 11.3 Å². The molecule has 0 bridgehead atoms. The van der Waals surface area contributed by atoms with Crippen molar-refractivity contribution in [1.29, 1.82) is 0 Å². The predicted octanol–water partition coefficient (Wildman–Crippen LogP) is 2.80. The third kappa shape index (κ3) is 3.16. The van der Waals surface area contributed by atoms with Gasteiger partial charge in [0.05, 0.1) is 11.9 Å². The molecule has 0 aliphatic rings. The summed E-state index contributed by atoms with van der Waals surface area (Å²) in [6.07, 6.45) is -1.29. The molecule has 3 rings (SSSR count). The molecule has 0 aromatic carbocycles. The highest BCUT2D eigenvalue weighted by Crippen LogP contribution is 2.32. The lowest BCUT2D eigenvalue weighted by atomic mass is 10.2. The highest BCUT2D eigenvalue weighted by molar-refractivity contribution is 7.13. The molecule has 0 fully saturated rings. The summed E-state index contributed by atoms with van der Waals surface area (Å²) in [4.78, 5) is 21.9. The van der Waals surface area contributed by atoms with Gasteiger partial charge in [0, 0.05) is 29.8 Å². The first-order valence-corrected chi connectivity index (χ1v) is 7.42. The van der Waals surface area contributed by atoms with Gasteiger partial charge in [0.25, 0.3) is 5.56 Å². The number of rotatable bonds is 3. The van der Waals surface area contributed by atoms with E-state index in [1.54, 1.807) is 10.9 Å². The topological polar surface area (TPSA) is 76.5 Å². The van der Waals surface area contributed by atoms with Crippen molar-refractivity contribution >= 4 is 11.3 Å². The summed E-state index contributed by atoms with van der Waals surface area (Å²) in [6.45, 7) is 2.55. The third-order valence-corrected chi connectivity index (χ3v) is 3.84. The molecule has 3 heterocycles. The molecule has 23 heavy (non-hydrogen) atoms. The Hall–Kier alpha value is -2.49. The highest BCUT2D eigenvalue weighted by atomic mass is 32.1. The first kappa shape index (κ1) is 15.4. The molecule has 0 spiro atoms. The number of aryl methyl sites for hydroxylation is 1. The molecular formula is C13H10F3N5OS. The largest absolute Gasteiger partial charge is 0.434 e. The van der Waals surface area contributed by atoms with E-state index in [9.17, 15) is 18.0 Å². The van der Waals surface area contributed by atoms with E-state index in [4.69, 9.17) is 0 Å². The number of aromatic amines is 1. The normalized spacial score (nSPS) is 11.8. The van der Waals surface area contributed by atoms with E-state index < -0.39 is 17.4 Å². The minimum Gasteiger partial charge on any atom is -0.304 e. The Morgan fingerprint density at radius 3 is 2.74 bits per heavy atom. The van der Waals surface area contributed by atoms with Gasteiger partial charge in [-0.1, -0.05) is 0 Å². The van der Waals surface area contributed by atoms with E-state index in [0.29, 0.717) is 17.8 Å². The van der Waals surface area contributed by atoms with Crippen LogP contribution in [0, 0.1) is 0 Å². The van der Waals surface area contributed by atoms with Gasteiger partial charge in [-0.05, 0) is 6.92 Å². The highest BCUT2D eigenvalue weighted by Gasteiger charge is 2.34. The second-order valence-electron chi connectivity index (χ2n) is 4.60. The summed E-state index contributed by atoms with van der Waals surface area (Å²) in [5, 5.41) is 4.97. The number of halogens is 3. The van der Waals surface area contributed by atoms with Crippen LogP contribution in [0.5, 0.6) is 0 Å². The molecule has 120 valence electrons. The maximum Gasteiger partial charge on any atom is 0.434 e. The summed E-state index contributed by atoms with van der Waals surface area (Å²) in [5.74, 6) is -0.00255. The van der Waals surface area contributed by atoms with Crippen LogP contribution in [0.25, 0.3) is 22.1 Å². The van der Waals surface area contributed by atoms with Gasteiger partial charge in [-0.25, -0.2) is 9.97 Å². The first-order valence-electron chi connectivity index (χ1n) is 6.54. The number of nitrogens with one attached hydrogen (secondary N) is 1. The minimum absolute atomic E-state index is 0.000779. The van der Waals surface area contributed by atoms with Crippen molar-refractivity contribution in [3.63, 3.8) is 0 Å². The SMILES string of the molecule is CCn1cc(-c2cc(=O)[nH]c(-c3nc(C(F)(F)F)cs3)n2)cn1. The van der Waals surface area contributed by atoms with Crippen LogP contribution in [0.3, 0.4) is 0 Å². The van der Waals surface area contributed by atoms with Gasteiger partial charge in [0.15, 0.2) is 16.5 Å². The fourth-order valence-electron chi connectivity index (χ4n) is 1.89. The number of hydrogen-bond donors (Lipinski definition) is 1. The van der Waals surface area contributed by atoms with Crippen LogP contribution in [0.15, 0.2) is 28.6 Å². The molecule has 0 aliphatic carbocycles. The molecule has 0 radical (unpaired) electrons. The Bertz CT molecular complexity index is 895. The van der Waals surface area contributed by atoms with Crippen molar-refractivity contribution in [1.82, 2.24) is 24.7 Å². The second-order valence-corrected chi connectivity index (χ2v) is 5.46. The zero-order valence-electron chi connectivity index (χ0n) is 11.8. The fourth-order valence-corrected chi connectivity index (χ4v) is 2.66. The summed E-state index contributed by atoms with van der Waals surface area (Å²) < 4.78 is 39.5. The monoisotopic (exact) mass is 341 g/mol. The van der Waals surface area contributed by atoms with Gasteiger partial charge in [0.1, 0.15) is 0 Å². The van der Waals surface area contributed by atoms with Gasteiger partial charge in [0.2, 0.25) is 0 Å². The molecule has 0 saturated carbocycles.